The van der Waals surface area contributed by atoms with Crippen LogP contribution in [-0.2, 0) is 4.74 Å². The predicted octanol–water partition coefficient (Wildman–Crippen LogP) is 1.09. The SMILES string of the molecule is N/C=C1/C/C(=C\OCC2CC2)CN1. The van der Waals surface area contributed by atoms with Crippen molar-refractivity contribution in [1.29, 1.82) is 0 Å². The highest BCUT2D eigenvalue weighted by Crippen LogP contribution is 2.29. The highest BCUT2D eigenvalue weighted by molar-refractivity contribution is 5.21. The molecule has 1 aliphatic carbocycles. The number of ether oxygens (including phenoxy) is 1. The minimum atomic E-state index is 0.829. The third-order valence-electron chi connectivity index (χ3n) is 2.44. The van der Waals surface area contributed by atoms with Crippen molar-refractivity contribution in [3.05, 3.63) is 23.7 Å². The lowest BCUT2D eigenvalue weighted by atomic mass is 10.2. The fourth-order valence-electron chi connectivity index (χ4n) is 1.38. The van der Waals surface area contributed by atoms with Crippen LogP contribution in [0.15, 0.2) is 23.7 Å². The van der Waals surface area contributed by atoms with Gasteiger partial charge in [-0.1, -0.05) is 0 Å². The van der Waals surface area contributed by atoms with Crippen LogP contribution in [-0.4, -0.2) is 13.2 Å². The maximum atomic E-state index is 5.46. The summed E-state index contributed by atoms with van der Waals surface area (Å²) in [5, 5.41) is 3.20. The van der Waals surface area contributed by atoms with Gasteiger partial charge in [0.05, 0.1) is 12.9 Å². The monoisotopic (exact) mass is 180 g/mol. The lowest BCUT2D eigenvalue weighted by molar-refractivity contribution is 0.231. The molecule has 0 radical (unpaired) electrons. The van der Waals surface area contributed by atoms with E-state index in [4.69, 9.17) is 10.5 Å². The van der Waals surface area contributed by atoms with Gasteiger partial charge in [-0.25, -0.2) is 0 Å². The van der Waals surface area contributed by atoms with Crippen molar-refractivity contribution in [2.45, 2.75) is 19.3 Å². The summed E-state index contributed by atoms with van der Waals surface area (Å²) in [5.41, 5.74) is 7.78. The summed E-state index contributed by atoms with van der Waals surface area (Å²) in [6, 6.07) is 0. The van der Waals surface area contributed by atoms with Crippen LogP contribution in [0.4, 0.5) is 0 Å². The Morgan fingerprint density at radius 1 is 1.54 bits per heavy atom. The van der Waals surface area contributed by atoms with E-state index in [0.717, 1.165) is 31.2 Å². The van der Waals surface area contributed by atoms with Crippen molar-refractivity contribution in [3.8, 4) is 0 Å². The standard InChI is InChI=1S/C10H16N2O/c11-4-10-3-9(5-12-10)7-13-6-8-1-2-8/h4,7-8,12H,1-3,5-6,11H2/b9-7+,10-4-. The Labute approximate surface area is 78.6 Å². The predicted molar refractivity (Wildman–Crippen MR) is 51.6 cm³/mol. The molecule has 1 heterocycles. The second-order valence-corrected chi connectivity index (χ2v) is 3.78. The van der Waals surface area contributed by atoms with E-state index in [-0.39, 0.29) is 0 Å². The van der Waals surface area contributed by atoms with E-state index in [1.807, 2.05) is 6.26 Å². The second-order valence-electron chi connectivity index (χ2n) is 3.78. The zero-order chi connectivity index (χ0) is 9.10. The summed E-state index contributed by atoms with van der Waals surface area (Å²) in [4.78, 5) is 0. The highest BCUT2D eigenvalue weighted by Gasteiger charge is 2.21. The van der Waals surface area contributed by atoms with Crippen molar-refractivity contribution >= 4 is 0 Å². The van der Waals surface area contributed by atoms with Crippen LogP contribution < -0.4 is 11.1 Å². The molecule has 3 N–H and O–H groups in total. The molecule has 0 unspecified atom stereocenters. The van der Waals surface area contributed by atoms with Crippen LogP contribution in [0.5, 0.6) is 0 Å². The molecule has 0 atom stereocenters. The first kappa shape index (κ1) is 8.48. The Balaban J connectivity index is 1.73. The van der Waals surface area contributed by atoms with Gasteiger partial charge in [-0.15, -0.1) is 0 Å². The Morgan fingerprint density at radius 3 is 3.00 bits per heavy atom. The summed E-state index contributed by atoms with van der Waals surface area (Å²) in [7, 11) is 0. The number of hydrogen-bond acceptors (Lipinski definition) is 3. The quantitative estimate of drug-likeness (QED) is 0.639. The van der Waals surface area contributed by atoms with E-state index in [0.29, 0.717) is 0 Å². The average Bonchev–Trinajstić information content (AvgIpc) is 2.84. The van der Waals surface area contributed by atoms with Crippen molar-refractivity contribution in [1.82, 2.24) is 5.32 Å². The van der Waals surface area contributed by atoms with Gasteiger partial charge in [0.2, 0.25) is 0 Å². The molecular formula is C10H16N2O. The molecule has 0 aromatic rings. The molecule has 1 aliphatic heterocycles. The van der Waals surface area contributed by atoms with Gasteiger partial charge in [-0.3, -0.25) is 0 Å². The Bertz CT molecular complexity index is 241. The normalized spacial score (nSPS) is 28.0. The van der Waals surface area contributed by atoms with Gasteiger partial charge in [0.1, 0.15) is 0 Å². The third-order valence-corrected chi connectivity index (χ3v) is 2.44. The first-order chi connectivity index (χ1) is 6.38. The van der Waals surface area contributed by atoms with Crippen LogP contribution in [0.1, 0.15) is 19.3 Å². The van der Waals surface area contributed by atoms with E-state index in [2.05, 4.69) is 5.32 Å². The second kappa shape index (κ2) is 3.73. The zero-order valence-electron chi connectivity index (χ0n) is 7.75. The lowest BCUT2D eigenvalue weighted by Gasteiger charge is -1.98. The van der Waals surface area contributed by atoms with Gasteiger partial charge in [-0.2, -0.15) is 0 Å². The van der Waals surface area contributed by atoms with Crippen molar-refractivity contribution < 1.29 is 4.74 Å². The van der Waals surface area contributed by atoms with Gasteiger partial charge in [-0.05, 0) is 24.3 Å². The average molecular weight is 180 g/mol. The first-order valence-corrected chi connectivity index (χ1v) is 4.82. The summed E-state index contributed by atoms with van der Waals surface area (Å²) < 4.78 is 5.46. The van der Waals surface area contributed by atoms with Crippen LogP contribution in [0.3, 0.4) is 0 Å². The Morgan fingerprint density at radius 2 is 2.38 bits per heavy atom. The van der Waals surface area contributed by atoms with E-state index < -0.39 is 0 Å². The number of nitrogens with two attached hydrogens (primary N) is 1. The number of rotatable bonds is 3. The summed E-state index contributed by atoms with van der Waals surface area (Å²) >= 11 is 0. The maximum absolute atomic E-state index is 5.46. The van der Waals surface area contributed by atoms with Crippen molar-refractivity contribution in [3.63, 3.8) is 0 Å². The summed E-state index contributed by atoms with van der Waals surface area (Å²) in [5.74, 6) is 0.829. The van der Waals surface area contributed by atoms with Crippen molar-refractivity contribution in [2.24, 2.45) is 11.7 Å². The van der Waals surface area contributed by atoms with Crippen LogP contribution in [0.2, 0.25) is 0 Å². The number of hydrogen-bond donors (Lipinski definition) is 2. The van der Waals surface area contributed by atoms with Gasteiger partial charge < -0.3 is 15.8 Å². The molecule has 0 aromatic heterocycles. The number of allylic oxidation sites excluding steroid dienone is 1. The van der Waals surface area contributed by atoms with Gasteiger partial charge in [0.15, 0.2) is 0 Å². The summed E-state index contributed by atoms with van der Waals surface area (Å²) in [6.07, 6.45) is 7.12. The molecule has 0 spiro atoms. The van der Waals surface area contributed by atoms with E-state index >= 15 is 0 Å². The smallest absolute Gasteiger partial charge is 0.0901 e. The fraction of sp³-hybridized carbons (Fsp3) is 0.600. The molecular weight excluding hydrogens is 164 g/mol. The van der Waals surface area contributed by atoms with E-state index in [1.165, 1.54) is 18.4 Å². The minimum absolute atomic E-state index is 0.829. The molecule has 0 aromatic carbocycles. The Hall–Kier alpha value is -1.12. The number of nitrogens with one attached hydrogen (secondary N) is 1. The maximum Gasteiger partial charge on any atom is 0.0901 e. The molecule has 72 valence electrons. The summed E-state index contributed by atoms with van der Waals surface area (Å²) in [6.45, 7) is 1.78. The molecule has 0 amide bonds. The molecule has 3 nitrogen and oxygen atoms in total. The zero-order valence-corrected chi connectivity index (χ0v) is 7.75. The van der Waals surface area contributed by atoms with Crippen LogP contribution in [0.25, 0.3) is 0 Å². The van der Waals surface area contributed by atoms with Crippen LogP contribution >= 0.6 is 0 Å². The first-order valence-electron chi connectivity index (χ1n) is 4.82. The van der Waals surface area contributed by atoms with E-state index in [1.54, 1.807) is 6.20 Å². The largest absolute Gasteiger partial charge is 0.501 e. The van der Waals surface area contributed by atoms with Gasteiger partial charge in [0, 0.05) is 24.9 Å². The fourth-order valence-corrected chi connectivity index (χ4v) is 1.38. The molecule has 13 heavy (non-hydrogen) atoms. The van der Waals surface area contributed by atoms with Gasteiger partial charge in [0.25, 0.3) is 0 Å². The van der Waals surface area contributed by atoms with Gasteiger partial charge >= 0.3 is 0 Å². The minimum Gasteiger partial charge on any atom is -0.501 e. The highest BCUT2D eigenvalue weighted by atomic mass is 16.5. The lowest BCUT2D eigenvalue weighted by Crippen LogP contribution is -2.05. The molecule has 2 rings (SSSR count). The molecule has 3 heteroatoms. The van der Waals surface area contributed by atoms with E-state index in [9.17, 15) is 0 Å². The van der Waals surface area contributed by atoms with Crippen LogP contribution in [0, 0.1) is 5.92 Å². The molecule has 1 saturated carbocycles. The molecule has 1 saturated heterocycles. The Kier molecular flexibility index (Phi) is 2.43. The van der Waals surface area contributed by atoms with Crippen molar-refractivity contribution in [2.75, 3.05) is 13.2 Å². The topological polar surface area (TPSA) is 47.3 Å². The third kappa shape index (κ3) is 2.41. The molecule has 2 aliphatic rings. The molecule has 0 bridgehead atoms. The molecule has 2 fully saturated rings.